The number of aryl methyl sites for hydroxylation is 1. The predicted molar refractivity (Wildman–Crippen MR) is 94.0 cm³/mol. The van der Waals surface area contributed by atoms with Gasteiger partial charge >= 0.3 is 0 Å². The van der Waals surface area contributed by atoms with Crippen molar-refractivity contribution in [1.29, 1.82) is 0 Å². The minimum Gasteiger partial charge on any atom is -0.379 e. The zero-order valence-electron chi connectivity index (χ0n) is 14.6. The standard InChI is InChI=1S/C20H28N2O2/c1-15-13-22(14-19(15)21-9-11-24-12-10-21)20(23)18-8-4-6-16-5-2-3-7-17(16)18/h2-3,5,7,15,18-19H,4,6,8-14H2,1H3/t15-,18-,19-/m1/s1. The highest BCUT2D eigenvalue weighted by Crippen LogP contribution is 2.34. The van der Waals surface area contributed by atoms with Crippen LogP contribution in [0.2, 0.25) is 0 Å². The first kappa shape index (κ1) is 16.1. The Hall–Kier alpha value is -1.39. The molecule has 2 heterocycles. The zero-order valence-corrected chi connectivity index (χ0v) is 14.6. The minimum absolute atomic E-state index is 0.0746. The zero-order chi connectivity index (χ0) is 16.5. The molecule has 130 valence electrons. The number of fused-ring (bicyclic) bond motifs is 1. The van der Waals surface area contributed by atoms with Gasteiger partial charge in [-0.2, -0.15) is 0 Å². The van der Waals surface area contributed by atoms with E-state index in [-0.39, 0.29) is 5.92 Å². The third kappa shape index (κ3) is 2.98. The largest absolute Gasteiger partial charge is 0.379 e. The Morgan fingerprint density at radius 3 is 2.79 bits per heavy atom. The van der Waals surface area contributed by atoms with Crippen molar-refractivity contribution in [2.75, 3.05) is 39.4 Å². The number of benzene rings is 1. The van der Waals surface area contributed by atoms with Crippen LogP contribution >= 0.6 is 0 Å². The minimum atomic E-state index is 0.0746. The van der Waals surface area contributed by atoms with Gasteiger partial charge in [-0.05, 0) is 36.3 Å². The fourth-order valence-corrected chi connectivity index (χ4v) is 4.74. The molecule has 0 saturated carbocycles. The van der Waals surface area contributed by atoms with Gasteiger partial charge in [0.05, 0.1) is 19.1 Å². The van der Waals surface area contributed by atoms with Crippen molar-refractivity contribution in [3.63, 3.8) is 0 Å². The lowest BCUT2D eigenvalue weighted by Crippen LogP contribution is -2.47. The highest BCUT2D eigenvalue weighted by Gasteiger charge is 2.39. The van der Waals surface area contributed by atoms with Gasteiger partial charge in [0.2, 0.25) is 5.91 Å². The Bertz CT molecular complexity index is 597. The highest BCUT2D eigenvalue weighted by atomic mass is 16.5. The number of hydrogen-bond donors (Lipinski definition) is 0. The molecular weight excluding hydrogens is 300 g/mol. The molecule has 0 radical (unpaired) electrons. The molecular formula is C20H28N2O2. The second-order valence-electron chi connectivity index (χ2n) is 7.58. The van der Waals surface area contributed by atoms with Crippen LogP contribution in [-0.4, -0.2) is 61.1 Å². The molecule has 4 nitrogen and oxygen atoms in total. The number of likely N-dealkylation sites (tertiary alicyclic amines) is 1. The molecule has 3 aliphatic rings. The van der Waals surface area contributed by atoms with Gasteiger partial charge < -0.3 is 9.64 Å². The number of morpholine rings is 1. The molecule has 1 aromatic carbocycles. The molecule has 1 aliphatic carbocycles. The molecule has 0 aromatic heterocycles. The summed E-state index contributed by atoms with van der Waals surface area (Å²) in [6, 6.07) is 9.02. The van der Waals surface area contributed by atoms with E-state index in [2.05, 4.69) is 41.0 Å². The van der Waals surface area contributed by atoms with Gasteiger partial charge in [0, 0.05) is 32.2 Å². The smallest absolute Gasteiger partial charge is 0.230 e. The normalized spacial score (nSPS) is 31.0. The summed E-state index contributed by atoms with van der Waals surface area (Å²) in [4.78, 5) is 17.9. The molecule has 2 saturated heterocycles. The van der Waals surface area contributed by atoms with Gasteiger partial charge in [-0.15, -0.1) is 0 Å². The molecule has 4 heteroatoms. The van der Waals surface area contributed by atoms with Crippen LogP contribution in [0.5, 0.6) is 0 Å². The van der Waals surface area contributed by atoms with Gasteiger partial charge in [0.25, 0.3) is 0 Å². The molecule has 0 bridgehead atoms. The summed E-state index contributed by atoms with van der Waals surface area (Å²) in [7, 11) is 0. The maximum absolute atomic E-state index is 13.2. The van der Waals surface area contributed by atoms with E-state index in [0.29, 0.717) is 17.9 Å². The van der Waals surface area contributed by atoms with Crippen molar-refractivity contribution in [3.05, 3.63) is 35.4 Å². The van der Waals surface area contributed by atoms with Gasteiger partial charge in [-0.1, -0.05) is 31.2 Å². The first-order valence-corrected chi connectivity index (χ1v) is 9.42. The lowest BCUT2D eigenvalue weighted by atomic mass is 9.82. The van der Waals surface area contributed by atoms with Crippen LogP contribution in [0.15, 0.2) is 24.3 Å². The average molecular weight is 328 g/mol. The Kier molecular flexibility index (Phi) is 4.59. The maximum atomic E-state index is 13.2. The van der Waals surface area contributed by atoms with Crippen molar-refractivity contribution in [2.24, 2.45) is 5.92 Å². The molecule has 3 atom stereocenters. The SMILES string of the molecule is C[C@@H]1CN(C(=O)[C@@H]2CCCc3ccccc32)C[C@H]1N1CCOCC1. The fourth-order valence-electron chi connectivity index (χ4n) is 4.74. The van der Waals surface area contributed by atoms with E-state index in [1.807, 2.05) is 0 Å². The molecule has 0 N–H and O–H groups in total. The number of nitrogens with zero attached hydrogens (tertiary/aromatic N) is 2. The average Bonchev–Trinajstić information content (AvgIpc) is 3.03. The quantitative estimate of drug-likeness (QED) is 0.835. The second-order valence-corrected chi connectivity index (χ2v) is 7.58. The summed E-state index contributed by atoms with van der Waals surface area (Å²) in [6.45, 7) is 7.74. The van der Waals surface area contributed by atoms with E-state index in [9.17, 15) is 4.79 Å². The molecule has 1 amide bonds. The third-order valence-corrected chi connectivity index (χ3v) is 6.07. The maximum Gasteiger partial charge on any atom is 0.230 e. The van der Waals surface area contributed by atoms with Crippen LogP contribution < -0.4 is 0 Å². The summed E-state index contributed by atoms with van der Waals surface area (Å²) in [5.74, 6) is 0.973. The Morgan fingerprint density at radius 2 is 1.96 bits per heavy atom. The van der Waals surface area contributed by atoms with Crippen molar-refractivity contribution in [2.45, 2.75) is 38.1 Å². The molecule has 2 fully saturated rings. The molecule has 24 heavy (non-hydrogen) atoms. The van der Waals surface area contributed by atoms with Crippen LogP contribution in [0.3, 0.4) is 0 Å². The van der Waals surface area contributed by atoms with E-state index < -0.39 is 0 Å². The van der Waals surface area contributed by atoms with Crippen LogP contribution in [0.25, 0.3) is 0 Å². The van der Waals surface area contributed by atoms with E-state index in [1.165, 1.54) is 11.1 Å². The Labute approximate surface area is 144 Å². The summed E-state index contributed by atoms with van der Waals surface area (Å²) < 4.78 is 5.48. The summed E-state index contributed by atoms with van der Waals surface area (Å²) in [5, 5.41) is 0. The van der Waals surface area contributed by atoms with Crippen molar-refractivity contribution < 1.29 is 9.53 Å². The van der Waals surface area contributed by atoms with Crippen LogP contribution in [-0.2, 0) is 16.0 Å². The summed E-state index contributed by atoms with van der Waals surface area (Å²) in [6.07, 6.45) is 3.25. The highest BCUT2D eigenvalue weighted by molar-refractivity contribution is 5.84. The predicted octanol–water partition coefficient (Wildman–Crippen LogP) is 2.29. The van der Waals surface area contributed by atoms with E-state index in [0.717, 1.165) is 58.7 Å². The van der Waals surface area contributed by atoms with E-state index in [1.54, 1.807) is 0 Å². The van der Waals surface area contributed by atoms with Crippen LogP contribution in [0, 0.1) is 5.92 Å². The van der Waals surface area contributed by atoms with Crippen molar-refractivity contribution >= 4 is 5.91 Å². The summed E-state index contributed by atoms with van der Waals surface area (Å²) in [5.41, 5.74) is 2.65. The Morgan fingerprint density at radius 1 is 1.17 bits per heavy atom. The van der Waals surface area contributed by atoms with E-state index in [4.69, 9.17) is 4.74 Å². The second kappa shape index (κ2) is 6.85. The first-order valence-electron chi connectivity index (χ1n) is 9.42. The van der Waals surface area contributed by atoms with Crippen molar-refractivity contribution in [1.82, 2.24) is 9.80 Å². The number of hydrogen-bond acceptors (Lipinski definition) is 3. The van der Waals surface area contributed by atoms with Crippen LogP contribution in [0.4, 0.5) is 0 Å². The molecule has 4 rings (SSSR count). The Balaban J connectivity index is 1.48. The van der Waals surface area contributed by atoms with Crippen LogP contribution in [0.1, 0.15) is 36.8 Å². The number of carbonyl (C=O) groups is 1. The van der Waals surface area contributed by atoms with E-state index >= 15 is 0 Å². The molecule has 0 spiro atoms. The first-order chi connectivity index (χ1) is 11.7. The topological polar surface area (TPSA) is 32.8 Å². The number of amides is 1. The van der Waals surface area contributed by atoms with Gasteiger partial charge in [0.15, 0.2) is 0 Å². The number of carbonyl (C=O) groups excluding carboxylic acids is 1. The van der Waals surface area contributed by atoms with Crippen molar-refractivity contribution in [3.8, 4) is 0 Å². The lowest BCUT2D eigenvalue weighted by molar-refractivity contribution is -0.132. The third-order valence-electron chi connectivity index (χ3n) is 6.07. The monoisotopic (exact) mass is 328 g/mol. The fraction of sp³-hybridized carbons (Fsp3) is 0.650. The number of ether oxygens (including phenoxy) is 1. The molecule has 0 unspecified atom stereocenters. The molecule has 1 aromatic rings. The van der Waals surface area contributed by atoms with Gasteiger partial charge in [-0.25, -0.2) is 0 Å². The summed E-state index contributed by atoms with van der Waals surface area (Å²) >= 11 is 0. The van der Waals surface area contributed by atoms with Gasteiger partial charge in [-0.3, -0.25) is 9.69 Å². The number of rotatable bonds is 2. The molecule has 2 aliphatic heterocycles. The van der Waals surface area contributed by atoms with Gasteiger partial charge in [0.1, 0.15) is 0 Å². The lowest BCUT2D eigenvalue weighted by Gasteiger charge is -2.34.